The molecule has 1 saturated carbocycles. The van der Waals surface area contributed by atoms with Crippen LogP contribution in [0, 0.1) is 49.8 Å². The number of fused-ring (bicyclic) bond motifs is 3. The van der Waals surface area contributed by atoms with E-state index in [1.54, 1.807) is 26.8 Å². The summed E-state index contributed by atoms with van der Waals surface area (Å²) in [6.07, 6.45) is 2.17. The summed E-state index contributed by atoms with van der Waals surface area (Å²) in [5.74, 6) is -9.04. The lowest BCUT2D eigenvalue weighted by Crippen LogP contribution is -2.64. The van der Waals surface area contributed by atoms with Crippen molar-refractivity contribution in [2.24, 2.45) is 29.6 Å². The minimum atomic E-state index is -2.58. The van der Waals surface area contributed by atoms with Crippen molar-refractivity contribution < 1.29 is 72.5 Å². The summed E-state index contributed by atoms with van der Waals surface area (Å²) in [6, 6.07) is 1.26. The van der Waals surface area contributed by atoms with Crippen molar-refractivity contribution in [1.82, 2.24) is 4.90 Å². The number of amides is 1. The normalized spacial score (nSPS) is 34.3. The quantitative estimate of drug-likeness (QED) is 0.0727. The molecule has 2 bridgehead atoms. The van der Waals surface area contributed by atoms with Crippen molar-refractivity contribution >= 4 is 40.8 Å². The number of methoxy groups -OCH3 is 3. The molecule has 2 saturated heterocycles. The number of non-ortho nitro benzene ring substituents is 2. The van der Waals surface area contributed by atoms with E-state index >= 15 is 0 Å². The van der Waals surface area contributed by atoms with Crippen LogP contribution in [0.25, 0.3) is 0 Å². The standard InChI is InChI=1S/C51H71N3O17/c1-10-13-34-19-28(2)18-29(3)20-43(67-8)46-44(68-9)22-31(5)51(61,71-46)47(57)48(58)52-17-12-11-14-38(52)50(60)70-45(32(6)39(55)27-40(34)56)30(4)21-33-15-16-41(42(23-33)66-7)69-49(59)35-24-36(53(62)63)26-37(25-35)54(64)65/h10,21,24-26,28-29,31,33-34,38,41-46,55,61H,1,11-20,22-23,27H2,2-9H3/b30-21?,39-32+. The molecule has 13 unspecified atom stereocenters. The third kappa shape index (κ3) is 13.6. The van der Waals surface area contributed by atoms with Gasteiger partial charge in [-0.3, -0.25) is 34.6 Å². The van der Waals surface area contributed by atoms with E-state index in [-0.39, 0.29) is 79.1 Å². The molecule has 13 atom stereocenters. The maximum atomic E-state index is 14.5. The summed E-state index contributed by atoms with van der Waals surface area (Å²) < 4.78 is 35.7. The van der Waals surface area contributed by atoms with E-state index in [1.807, 2.05) is 19.9 Å². The Labute approximate surface area is 414 Å². The number of ether oxygens (including phenoxy) is 6. The van der Waals surface area contributed by atoms with E-state index in [4.69, 9.17) is 28.4 Å². The van der Waals surface area contributed by atoms with Gasteiger partial charge in [0, 0.05) is 57.4 Å². The van der Waals surface area contributed by atoms with Gasteiger partial charge in [0.05, 0.1) is 46.2 Å². The molecule has 1 aromatic rings. The highest BCUT2D eigenvalue weighted by molar-refractivity contribution is 6.39. The Balaban J connectivity index is 1.49. The van der Waals surface area contributed by atoms with Crippen LogP contribution in [0.1, 0.15) is 122 Å². The number of Topliss-reactive ketones (excluding diaryl/α,β-unsaturated/α-hetero) is 2. The van der Waals surface area contributed by atoms with Crippen LogP contribution < -0.4 is 0 Å². The van der Waals surface area contributed by atoms with Crippen molar-refractivity contribution in [3.8, 4) is 0 Å². The largest absolute Gasteiger partial charge is 0.512 e. The van der Waals surface area contributed by atoms with Gasteiger partial charge in [-0.25, -0.2) is 9.59 Å². The molecular weight excluding hydrogens is 927 g/mol. The van der Waals surface area contributed by atoms with Gasteiger partial charge >= 0.3 is 11.9 Å². The highest BCUT2D eigenvalue weighted by Crippen LogP contribution is 2.40. The number of carbonyl (C=O) groups excluding carboxylic acids is 5. The predicted molar refractivity (Wildman–Crippen MR) is 256 cm³/mol. The first-order valence-corrected chi connectivity index (χ1v) is 24.5. The van der Waals surface area contributed by atoms with Crippen LogP contribution in [0.3, 0.4) is 0 Å². The molecule has 2 N–H and O–H groups in total. The minimum absolute atomic E-state index is 0.00163. The highest BCUT2D eigenvalue weighted by atomic mass is 16.7. The number of cyclic esters (lactones) is 1. The van der Waals surface area contributed by atoms with Crippen LogP contribution >= 0.6 is 0 Å². The number of nitrogens with zero attached hydrogens (tertiary/aromatic N) is 3. The number of aliphatic hydroxyl groups excluding tert-OH is 1. The van der Waals surface area contributed by atoms with Crippen LogP contribution in [0.4, 0.5) is 11.4 Å². The summed E-state index contributed by atoms with van der Waals surface area (Å²) >= 11 is 0. The number of carbonyl (C=O) groups is 5. The Bertz CT molecular complexity index is 2200. The van der Waals surface area contributed by atoms with Gasteiger partial charge in [0.1, 0.15) is 35.9 Å². The van der Waals surface area contributed by atoms with E-state index in [2.05, 4.69) is 6.58 Å². The van der Waals surface area contributed by atoms with Crippen molar-refractivity contribution in [2.75, 3.05) is 27.9 Å². The summed E-state index contributed by atoms with van der Waals surface area (Å²) in [5.41, 5.74) is -1.07. The molecule has 392 valence electrons. The van der Waals surface area contributed by atoms with E-state index in [0.717, 1.165) is 23.1 Å². The predicted octanol–water partition coefficient (Wildman–Crippen LogP) is 7.24. The fourth-order valence-corrected chi connectivity index (χ4v) is 10.8. The van der Waals surface area contributed by atoms with E-state index < -0.39 is 105 Å². The Kier molecular flexibility index (Phi) is 19.7. The maximum Gasteiger partial charge on any atom is 0.339 e. The first-order chi connectivity index (χ1) is 33.6. The van der Waals surface area contributed by atoms with Crippen molar-refractivity contribution in [3.05, 3.63) is 79.6 Å². The summed E-state index contributed by atoms with van der Waals surface area (Å²) in [6.45, 7) is 12.8. The molecule has 4 aliphatic rings. The fraction of sp³-hybridized carbons (Fsp3) is 0.667. The van der Waals surface area contributed by atoms with Gasteiger partial charge in [-0.2, -0.15) is 0 Å². The van der Waals surface area contributed by atoms with Crippen LogP contribution in [-0.2, 0) is 47.6 Å². The number of aliphatic hydroxyl groups is 2. The number of esters is 2. The van der Waals surface area contributed by atoms with Gasteiger partial charge < -0.3 is 43.5 Å². The Hall–Kier alpha value is -5.41. The molecule has 5 rings (SSSR count). The van der Waals surface area contributed by atoms with E-state index in [9.17, 15) is 54.4 Å². The van der Waals surface area contributed by atoms with E-state index in [1.165, 1.54) is 21.3 Å². The molecule has 3 heterocycles. The number of hydrogen-bond acceptors (Lipinski definition) is 17. The van der Waals surface area contributed by atoms with Crippen LogP contribution in [0.5, 0.6) is 0 Å². The fourth-order valence-electron chi connectivity index (χ4n) is 10.8. The summed E-state index contributed by atoms with van der Waals surface area (Å²) in [4.78, 5) is 93.0. The molecule has 0 aromatic heterocycles. The molecule has 20 nitrogen and oxygen atoms in total. The van der Waals surface area contributed by atoms with Crippen LogP contribution in [-0.4, -0.2) is 131 Å². The molecule has 71 heavy (non-hydrogen) atoms. The SMILES string of the molecule is C=CCC1CC(C)CC(C)CC(OC)C2OC(O)(C(=O)C(=O)N3CCCCC3C(=O)OC(C(C)=CC3CCC(OC(=O)c4cc([N+](=O)[O-])cc([N+](=O)[O-])c4)C(OC)C3)/C(C)=C(/O)CC1=O)C(C)CC2OC. The molecule has 1 amide bonds. The van der Waals surface area contributed by atoms with Gasteiger partial charge in [-0.1, -0.05) is 32.9 Å². The van der Waals surface area contributed by atoms with E-state index in [0.29, 0.717) is 50.5 Å². The Morgan fingerprint density at radius 2 is 1.49 bits per heavy atom. The molecule has 20 heteroatoms. The number of hydrogen-bond donors (Lipinski definition) is 2. The zero-order valence-corrected chi connectivity index (χ0v) is 42.1. The lowest BCUT2D eigenvalue weighted by molar-refractivity contribution is -0.394. The lowest BCUT2D eigenvalue weighted by Gasteiger charge is -2.47. The van der Waals surface area contributed by atoms with Crippen LogP contribution in [0.2, 0.25) is 0 Å². The van der Waals surface area contributed by atoms with Gasteiger partial charge in [0.15, 0.2) is 0 Å². The third-order valence-corrected chi connectivity index (χ3v) is 14.7. The molecule has 3 aliphatic heterocycles. The monoisotopic (exact) mass is 997 g/mol. The molecule has 0 spiro atoms. The van der Waals surface area contributed by atoms with Gasteiger partial charge in [0.25, 0.3) is 23.1 Å². The summed E-state index contributed by atoms with van der Waals surface area (Å²) in [7, 11) is 4.42. The average Bonchev–Trinajstić information content (AvgIpc) is 3.34. The first kappa shape index (κ1) is 56.5. The number of allylic oxidation sites excluding steroid dienone is 3. The Morgan fingerprint density at radius 3 is 2.10 bits per heavy atom. The van der Waals surface area contributed by atoms with Gasteiger partial charge in [-0.15, -0.1) is 6.58 Å². The number of rotatable bonds is 11. The number of ketones is 2. The number of benzene rings is 1. The molecular formula is C51H71N3O17. The van der Waals surface area contributed by atoms with Crippen LogP contribution in [0.15, 0.2) is 53.8 Å². The van der Waals surface area contributed by atoms with Gasteiger partial charge in [0.2, 0.25) is 5.79 Å². The number of nitro benzene ring substituents is 2. The zero-order valence-electron chi connectivity index (χ0n) is 42.1. The van der Waals surface area contributed by atoms with Crippen molar-refractivity contribution in [1.29, 1.82) is 0 Å². The number of piperidine rings is 1. The summed E-state index contributed by atoms with van der Waals surface area (Å²) in [5, 5.41) is 46.9. The second-order valence-corrected chi connectivity index (χ2v) is 20.0. The second kappa shape index (κ2) is 24.8. The lowest BCUT2D eigenvalue weighted by atomic mass is 9.80. The molecule has 0 radical (unpaired) electrons. The molecule has 1 aliphatic carbocycles. The smallest absolute Gasteiger partial charge is 0.339 e. The third-order valence-electron chi connectivity index (χ3n) is 14.7. The zero-order chi connectivity index (χ0) is 52.5. The number of nitro groups is 2. The maximum absolute atomic E-state index is 14.5. The minimum Gasteiger partial charge on any atom is -0.512 e. The Morgan fingerprint density at radius 1 is 0.873 bits per heavy atom. The topological polar surface area (TPSA) is 271 Å². The van der Waals surface area contributed by atoms with Crippen molar-refractivity contribution in [3.63, 3.8) is 0 Å². The average molecular weight is 998 g/mol. The van der Waals surface area contributed by atoms with Crippen molar-refractivity contribution in [2.45, 2.75) is 160 Å². The molecule has 3 fully saturated rings. The second-order valence-electron chi connectivity index (χ2n) is 20.0. The highest BCUT2D eigenvalue weighted by Gasteiger charge is 2.56. The van der Waals surface area contributed by atoms with Gasteiger partial charge in [-0.05, 0) is 108 Å². The molecule has 1 aromatic carbocycles. The first-order valence-electron chi connectivity index (χ1n) is 24.5.